The van der Waals surface area contributed by atoms with E-state index >= 15 is 0 Å². The van der Waals surface area contributed by atoms with E-state index in [1.165, 1.54) is 12.8 Å². The second-order valence-corrected chi connectivity index (χ2v) is 6.27. The summed E-state index contributed by atoms with van der Waals surface area (Å²) < 4.78 is 0. The van der Waals surface area contributed by atoms with Gasteiger partial charge in [-0.05, 0) is 43.6 Å². The zero-order valence-electron chi connectivity index (χ0n) is 12.2. The molecule has 1 aliphatic rings. The van der Waals surface area contributed by atoms with Crippen LogP contribution in [-0.2, 0) is 4.79 Å². The van der Waals surface area contributed by atoms with E-state index in [2.05, 4.69) is 26.1 Å². The number of nitrogens with two attached hydrogens (primary N) is 1. The van der Waals surface area contributed by atoms with E-state index in [0.29, 0.717) is 17.8 Å². The summed E-state index contributed by atoms with van der Waals surface area (Å²) in [5.41, 5.74) is 5.61. The number of nitrogens with one attached hydrogen (secondary N) is 1. The van der Waals surface area contributed by atoms with Gasteiger partial charge < -0.3 is 11.1 Å². The monoisotopic (exact) mass is 254 g/mol. The minimum atomic E-state index is 0.231. The van der Waals surface area contributed by atoms with Gasteiger partial charge in [-0.1, -0.05) is 33.6 Å². The molecule has 3 nitrogen and oxygen atoms in total. The summed E-state index contributed by atoms with van der Waals surface area (Å²) in [6.07, 6.45) is 5.61. The Morgan fingerprint density at radius 2 is 2.06 bits per heavy atom. The molecule has 1 rings (SSSR count). The fraction of sp³-hybridized carbons (Fsp3) is 0.933. The molecular formula is C15H30N2O. The van der Waals surface area contributed by atoms with Gasteiger partial charge in [-0.2, -0.15) is 0 Å². The molecule has 0 bridgehead atoms. The third kappa shape index (κ3) is 4.97. The maximum absolute atomic E-state index is 12.1. The molecule has 3 atom stereocenters. The van der Waals surface area contributed by atoms with Gasteiger partial charge in [0.1, 0.15) is 0 Å². The number of carbonyl (C=O) groups is 1. The first-order chi connectivity index (χ1) is 8.54. The molecule has 0 aromatic carbocycles. The third-order valence-corrected chi connectivity index (χ3v) is 4.46. The van der Waals surface area contributed by atoms with Crippen LogP contribution >= 0.6 is 0 Å². The first-order valence-corrected chi connectivity index (χ1v) is 7.52. The SMILES string of the molecule is CC(C)C(C)CNC(=O)C1CCCC(CCN)C1. The molecule has 18 heavy (non-hydrogen) atoms. The Kier molecular flexibility index (Phi) is 6.69. The highest BCUT2D eigenvalue weighted by atomic mass is 16.1. The Morgan fingerprint density at radius 1 is 1.33 bits per heavy atom. The number of carbonyl (C=O) groups excluding carboxylic acids is 1. The highest BCUT2D eigenvalue weighted by Crippen LogP contribution is 2.30. The molecular weight excluding hydrogens is 224 g/mol. The van der Waals surface area contributed by atoms with E-state index in [9.17, 15) is 4.79 Å². The number of hydrogen-bond donors (Lipinski definition) is 2. The molecule has 3 N–H and O–H groups in total. The summed E-state index contributed by atoms with van der Waals surface area (Å²) in [6.45, 7) is 8.17. The largest absolute Gasteiger partial charge is 0.356 e. The molecule has 0 aliphatic heterocycles. The first-order valence-electron chi connectivity index (χ1n) is 7.52. The predicted molar refractivity (Wildman–Crippen MR) is 76.1 cm³/mol. The molecule has 1 saturated carbocycles. The summed E-state index contributed by atoms with van der Waals surface area (Å²) in [7, 11) is 0. The topological polar surface area (TPSA) is 55.1 Å². The van der Waals surface area contributed by atoms with Crippen LogP contribution in [0.3, 0.4) is 0 Å². The third-order valence-electron chi connectivity index (χ3n) is 4.46. The smallest absolute Gasteiger partial charge is 0.223 e. The van der Waals surface area contributed by atoms with Gasteiger partial charge in [-0.25, -0.2) is 0 Å². The lowest BCUT2D eigenvalue weighted by Crippen LogP contribution is -2.37. The number of amides is 1. The Balaban J connectivity index is 2.32. The van der Waals surface area contributed by atoms with Crippen LogP contribution in [0.15, 0.2) is 0 Å². The van der Waals surface area contributed by atoms with Crippen LogP contribution < -0.4 is 11.1 Å². The minimum absolute atomic E-state index is 0.231. The van der Waals surface area contributed by atoms with Gasteiger partial charge in [0.15, 0.2) is 0 Å². The molecule has 0 aromatic rings. The van der Waals surface area contributed by atoms with Crippen molar-refractivity contribution >= 4 is 5.91 Å². The maximum atomic E-state index is 12.1. The molecule has 0 radical (unpaired) electrons. The zero-order valence-corrected chi connectivity index (χ0v) is 12.2. The van der Waals surface area contributed by atoms with Crippen molar-refractivity contribution in [2.24, 2.45) is 29.4 Å². The molecule has 0 heterocycles. The van der Waals surface area contributed by atoms with Crippen molar-refractivity contribution in [2.45, 2.75) is 52.9 Å². The molecule has 3 heteroatoms. The molecule has 0 saturated heterocycles. The van der Waals surface area contributed by atoms with Gasteiger partial charge in [0, 0.05) is 12.5 Å². The molecule has 106 valence electrons. The van der Waals surface area contributed by atoms with Crippen LogP contribution in [0.2, 0.25) is 0 Å². The van der Waals surface area contributed by atoms with Crippen LogP contribution in [0.4, 0.5) is 0 Å². The van der Waals surface area contributed by atoms with Crippen molar-refractivity contribution in [1.29, 1.82) is 0 Å². The van der Waals surface area contributed by atoms with Crippen molar-refractivity contribution in [2.75, 3.05) is 13.1 Å². The lowest BCUT2D eigenvalue weighted by molar-refractivity contribution is -0.126. The first kappa shape index (κ1) is 15.5. The van der Waals surface area contributed by atoms with E-state index in [1.54, 1.807) is 0 Å². The van der Waals surface area contributed by atoms with Crippen LogP contribution in [0.1, 0.15) is 52.9 Å². The van der Waals surface area contributed by atoms with E-state index < -0.39 is 0 Å². The molecule has 1 fully saturated rings. The molecule has 1 aliphatic carbocycles. The van der Waals surface area contributed by atoms with Crippen molar-refractivity contribution in [1.82, 2.24) is 5.32 Å². The second kappa shape index (κ2) is 7.78. The van der Waals surface area contributed by atoms with Crippen molar-refractivity contribution in [3.63, 3.8) is 0 Å². The van der Waals surface area contributed by atoms with Gasteiger partial charge in [0.2, 0.25) is 5.91 Å². The number of rotatable bonds is 6. The Morgan fingerprint density at radius 3 is 2.67 bits per heavy atom. The molecule has 0 spiro atoms. The van der Waals surface area contributed by atoms with E-state index in [0.717, 1.165) is 32.4 Å². The van der Waals surface area contributed by atoms with Crippen molar-refractivity contribution < 1.29 is 4.79 Å². The summed E-state index contributed by atoms with van der Waals surface area (Å²) in [5, 5.41) is 3.13. The fourth-order valence-corrected chi connectivity index (χ4v) is 2.67. The van der Waals surface area contributed by atoms with E-state index in [4.69, 9.17) is 5.73 Å². The van der Waals surface area contributed by atoms with Gasteiger partial charge in [-0.3, -0.25) is 4.79 Å². The Bertz CT molecular complexity index is 251. The van der Waals surface area contributed by atoms with E-state index in [1.807, 2.05) is 0 Å². The van der Waals surface area contributed by atoms with Crippen LogP contribution in [0.5, 0.6) is 0 Å². The summed E-state index contributed by atoms with van der Waals surface area (Å²) in [5.74, 6) is 2.35. The van der Waals surface area contributed by atoms with Gasteiger partial charge >= 0.3 is 0 Å². The molecule has 0 aromatic heterocycles. The predicted octanol–water partition coefficient (Wildman–Crippen LogP) is 2.55. The van der Waals surface area contributed by atoms with E-state index in [-0.39, 0.29) is 11.8 Å². The summed E-state index contributed by atoms with van der Waals surface area (Å²) in [4.78, 5) is 12.1. The van der Waals surface area contributed by atoms with Crippen LogP contribution in [0.25, 0.3) is 0 Å². The average Bonchev–Trinajstić information content (AvgIpc) is 2.36. The minimum Gasteiger partial charge on any atom is -0.356 e. The fourth-order valence-electron chi connectivity index (χ4n) is 2.67. The van der Waals surface area contributed by atoms with Gasteiger partial charge in [0.05, 0.1) is 0 Å². The average molecular weight is 254 g/mol. The quantitative estimate of drug-likeness (QED) is 0.765. The number of hydrogen-bond acceptors (Lipinski definition) is 2. The summed E-state index contributed by atoms with van der Waals surface area (Å²) in [6, 6.07) is 0. The second-order valence-electron chi connectivity index (χ2n) is 6.27. The van der Waals surface area contributed by atoms with Crippen molar-refractivity contribution in [3.8, 4) is 0 Å². The van der Waals surface area contributed by atoms with Crippen LogP contribution in [-0.4, -0.2) is 19.0 Å². The van der Waals surface area contributed by atoms with Gasteiger partial charge in [0.25, 0.3) is 0 Å². The lowest BCUT2D eigenvalue weighted by Gasteiger charge is -2.28. The zero-order chi connectivity index (χ0) is 13.5. The standard InChI is InChI=1S/C15H30N2O/c1-11(2)12(3)10-17-15(18)14-6-4-5-13(9-14)7-8-16/h11-14H,4-10,16H2,1-3H3,(H,17,18). The highest BCUT2D eigenvalue weighted by molar-refractivity contribution is 5.78. The normalized spacial score (nSPS) is 26.1. The highest BCUT2D eigenvalue weighted by Gasteiger charge is 2.26. The van der Waals surface area contributed by atoms with Crippen LogP contribution in [0, 0.1) is 23.7 Å². The maximum Gasteiger partial charge on any atom is 0.223 e. The van der Waals surface area contributed by atoms with Gasteiger partial charge in [-0.15, -0.1) is 0 Å². The molecule has 3 unspecified atom stereocenters. The Labute approximate surface area is 112 Å². The molecule has 1 amide bonds. The lowest BCUT2D eigenvalue weighted by atomic mass is 9.79. The van der Waals surface area contributed by atoms with Crippen molar-refractivity contribution in [3.05, 3.63) is 0 Å². The summed E-state index contributed by atoms with van der Waals surface area (Å²) >= 11 is 0. The Hall–Kier alpha value is -0.570.